The summed E-state index contributed by atoms with van der Waals surface area (Å²) in [5.74, 6) is 1.83. The van der Waals surface area contributed by atoms with Crippen molar-refractivity contribution < 1.29 is 14.3 Å². The SMILES string of the molecule is Cc1cccc(OCC(O)CN2CCN(Cc3ccco3)CC2)c1. The van der Waals surface area contributed by atoms with Crippen LogP contribution in [-0.2, 0) is 6.54 Å². The zero-order valence-electron chi connectivity index (χ0n) is 14.2. The number of β-amino-alcohol motifs (C(OH)–C–C–N with tert-alkyl or cyclic N) is 1. The highest BCUT2D eigenvalue weighted by molar-refractivity contribution is 5.27. The minimum atomic E-state index is -0.470. The van der Waals surface area contributed by atoms with Gasteiger partial charge in [0.05, 0.1) is 12.8 Å². The van der Waals surface area contributed by atoms with Crippen LogP contribution in [0.3, 0.4) is 0 Å². The van der Waals surface area contributed by atoms with Gasteiger partial charge in [0.1, 0.15) is 24.2 Å². The molecule has 0 bridgehead atoms. The minimum absolute atomic E-state index is 0.329. The van der Waals surface area contributed by atoms with Gasteiger partial charge in [-0.2, -0.15) is 0 Å². The largest absolute Gasteiger partial charge is 0.491 e. The summed E-state index contributed by atoms with van der Waals surface area (Å²) in [6.07, 6.45) is 1.25. The molecule has 0 radical (unpaired) electrons. The van der Waals surface area contributed by atoms with Crippen molar-refractivity contribution in [1.29, 1.82) is 0 Å². The van der Waals surface area contributed by atoms with Gasteiger partial charge in [-0.3, -0.25) is 9.80 Å². The van der Waals surface area contributed by atoms with Gasteiger partial charge < -0.3 is 14.3 Å². The number of ether oxygens (including phenoxy) is 1. The Labute approximate surface area is 143 Å². The lowest BCUT2D eigenvalue weighted by Crippen LogP contribution is -2.48. The molecule has 1 aliphatic rings. The molecule has 1 aromatic heterocycles. The fraction of sp³-hybridized carbons (Fsp3) is 0.474. The first-order valence-corrected chi connectivity index (χ1v) is 8.53. The highest BCUT2D eigenvalue weighted by Gasteiger charge is 2.20. The Bertz CT molecular complexity index is 607. The molecule has 0 amide bonds. The Kier molecular flexibility index (Phi) is 5.91. The van der Waals surface area contributed by atoms with Crippen molar-refractivity contribution in [3.63, 3.8) is 0 Å². The zero-order valence-corrected chi connectivity index (χ0v) is 14.2. The van der Waals surface area contributed by atoms with E-state index in [1.807, 2.05) is 43.3 Å². The van der Waals surface area contributed by atoms with Crippen molar-refractivity contribution >= 4 is 0 Å². The van der Waals surface area contributed by atoms with Crippen LogP contribution in [0.4, 0.5) is 0 Å². The Hall–Kier alpha value is -1.82. The van der Waals surface area contributed by atoms with E-state index in [0.29, 0.717) is 13.2 Å². The molecule has 5 heteroatoms. The molecule has 24 heavy (non-hydrogen) atoms. The number of hydrogen-bond acceptors (Lipinski definition) is 5. The molecule has 0 spiro atoms. The molecule has 0 aliphatic carbocycles. The Morgan fingerprint density at radius 2 is 1.92 bits per heavy atom. The van der Waals surface area contributed by atoms with Gasteiger partial charge in [-0.25, -0.2) is 0 Å². The number of furan rings is 1. The van der Waals surface area contributed by atoms with Crippen molar-refractivity contribution in [2.45, 2.75) is 19.6 Å². The third kappa shape index (κ3) is 5.09. The fourth-order valence-corrected chi connectivity index (χ4v) is 3.00. The van der Waals surface area contributed by atoms with E-state index in [1.165, 1.54) is 0 Å². The number of aliphatic hydroxyl groups is 1. The quantitative estimate of drug-likeness (QED) is 0.843. The molecule has 1 fully saturated rings. The van der Waals surface area contributed by atoms with Gasteiger partial charge >= 0.3 is 0 Å². The maximum Gasteiger partial charge on any atom is 0.119 e. The van der Waals surface area contributed by atoms with Crippen LogP contribution in [0.25, 0.3) is 0 Å². The molecule has 1 aliphatic heterocycles. The number of piperazine rings is 1. The predicted octanol–water partition coefficient (Wildman–Crippen LogP) is 2.15. The zero-order chi connectivity index (χ0) is 16.8. The maximum atomic E-state index is 10.2. The number of hydrogen-bond donors (Lipinski definition) is 1. The molecular weight excluding hydrogens is 304 g/mol. The summed E-state index contributed by atoms with van der Waals surface area (Å²) < 4.78 is 11.1. The van der Waals surface area contributed by atoms with E-state index in [-0.39, 0.29) is 0 Å². The number of rotatable bonds is 7. The van der Waals surface area contributed by atoms with Crippen LogP contribution in [0.2, 0.25) is 0 Å². The lowest BCUT2D eigenvalue weighted by Gasteiger charge is -2.35. The maximum absolute atomic E-state index is 10.2. The normalized spacial score (nSPS) is 17.8. The van der Waals surface area contributed by atoms with E-state index in [9.17, 15) is 5.11 Å². The van der Waals surface area contributed by atoms with E-state index >= 15 is 0 Å². The highest BCUT2D eigenvalue weighted by atomic mass is 16.5. The predicted molar refractivity (Wildman–Crippen MR) is 93.1 cm³/mol. The second kappa shape index (κ2) is 8.33. The van der Waals surface area contributed by atoms with Crippen molar-refractivity contribution in [1.82, 2.24) is 9.80 Å². The first-order chi connectivity index (χ1) is 11.7. The van der Waals surface area contributed by atoms with Crippen molar-refractivity contribution in [3.05, 3.63) is 54.0 Å². The monoisotopic (exact) mass is 330 g/mol. The summed E-state index contributed by atoms with van der Waals surface area (Å²) in [4.78, 5) is 4.67. The number of benzene rings is 1. The van der Waals surface area contributed by atoms with Crippen molar-refractivity contribution in [3.8, 4) is 5.75 Å². The summed E-state index contributed by atoms with van der Waals surface area (Å²) in [6.45, 7) is 7.78. The van der Waals surface area contributed by atoms with Crippen molar-refractivity contribution in [2.75, 3.05) is 39.3 Å². The minimum Gasteiger partial charge on any atom is -0.491 e. The number of aliphatic hydroxyl groups excluding tert-OH is 1. The van der Waals surface area contributed by atoms with Crippen molar-refractivity contribution in [2.24, 2.45) is 0 Å². The standard InChI is InChI=1S/C19H26N2O3/c1-16-4-2-5-18(12-16)24-15-17(22)13-20-7-9-21(10-8-20)14-19-6-3-11-23-19/h2-6,11-12,17,22H,7-10,13-15H2,1H3. The Morgan fingerprint density at radius 1 is 1.12 bits per heavy atom. The molecule has 1 atom stereocenters. The summed E-state index contributed by atoms with van der Waals surface area (Å²) in [6, 6.07) is 11.9. The van der Waals surface area contributed by atoms with E-state index in [4.69, 9.17) is 9.15 Å². The van der Waals surface area contributed by atoms with Crippen LogP contribution >= 0.6 is 0 Å². The Balaban J connectivity index is 1.36. The van der Waals surface area contributed by atoms with Gasteiger partial charge in [-0.1, -0.05) is 12.1 Å². The van der Waals surface area contributed by atoms with Crippen LogP contribution in [0, 0.1) is 6.92 Å². The van der Waals surface area contributed by atoms with Crippen LogP contribution in [0.1, 0.15) is 11.3 Å². The second-order valence-electron chi connectivity index (χ2n) is 6.44. The molecule has 2 aromatic rings. The molecule has 2 heterocycles. The van der Waals surface area contributed by atoms with Gasteiger partial charge in [0.15, 0.2) is 0 Å². The molecule has 5 nitrogen and oxygen atoms in total. The van der Waals surface area contributed by atoms with Gasteiger partial charge in [0.2, 0.25) is 0 Å². The van der Waals surface area contributed by atoms with E-state index in [1.54, 1.807) is 6.26 Å². The van der Waals surface area contributed by atoms with Gasteiger partial charge in [-0.15, -0.1) is 0 Å². The van der Waals surface area contributed by atoms with Gasteiger partial charge in [-0.05, 0) is 36.8 Å². The van der Waals surface area contributed by atoms with Gasteiger partial charge in [0, 0.05) is 32.7 Å². The molecule has 3 rings (SSSR count). The van der Waals surface area contributed by atoms with E-state index in [0.717, 1.165) is 49.8 Å². The fourth-order valence-electron chi connectivity index (χ4n) is 3.00. The average molecular weight is 330 g/mol. The number of nitrogens with zero attached hydrogens (tertiary/aromatic N) is 2. The molecule has 0 saturated carbocycles. The topological polar surface area (TPSA) is 49.1 Å². The molecule has 1 unspecified atom stereocenters. The summed E-state index contributed by atoms with van der Waals surface area (Å²) in [5.41, 5.74) is 1.16. The number of aryl methyl sites for hydroxylation is 1. The average Bonchev–Trinajstić information content (AvgIpc) is 3.08. The van der Waals surface area contributed by atoms with Crippen LogP contribution in [-0.4, -0.2) is 60.3 Å². The van der Waals surface area contributed by atoms with Crippen LogP contribution in [0.5, 0.6) is 5.75 Å². The molecule has 1 aromatic carbocycles. The smallest absolute Gasteiger partial charge is 0.119 e. The lowest BCUT2D eigenvalue weighted by atomic mass is 10.2. The Morgan fingerprint density at radius 3 is 2.62 bits per heavy atom. The molecule has 130 valence electrons. The molecule has 1 saturated heterocycles. The molecule has 1 N–H and O–H groups in total. The van der Waals surface area contributed by atoms with E-state index in [2.05, 4.69) is 9.80 Å². The summed E-state index contributed by atoms with van der Waals surface area (Å²) in [5, 5.41) is 10.2. The van der Waals surface area contributed by atoms with Crippen LogP contribution in [0.15, 0.2) is 47.1 Å². The third-order valence-electron chi connectivity index (χ3n) is 4.33. The van der Waals surface area contributed by atoms with Gasteiger partial charge in [0.25, 0.3) is 0 Å². The first kappa shape index (κ1) is 17.0. The highest BCUT2D eigenvalue weighted by Crippen LogP contribution is 2.13. The second-order valence-corrected chi connectivity index (χ2v) is 6.44. The van der Waals surface area contributed by atoms with E-state index < -0.39 is 6.10 Å². The third-order valence-corrected chi connectivity index (χ3v) is 4.33. The molecular formula is C19H26N2O3. The van der Waals surface area contributed by atoms with Crippen LogP contribution < -0.4 is 4.74 Å². The summed E-state index contributed by atoms with van der Waals surface area (Å²) >= 11 is 0. The lowest BCUT2D eigenvalue weighted by molar-refractivity contribution is 0.0433. The summed E-state index contributed by atoms with van der Waals surface area (Å²) in [7, 11) is 0. The first-order valence-electron chi connectivity index (χ1n) is 8.53.